The maximum atomic E-state index is 6.04. The van der Waals surface area contributed by atoms with Crippen LogP contribution in [0.4, 0.5) is 0 Å². The zero-order valence-corrected chi connectivity index (χ0v) is 10.4. The lowest BCUT2D eigenvalue weighted by Gasteiger charge is -2.41. The van der Waals surface area contributed by atoms with E-state index < -0.39 is 0 Å². The fourth-order valence-electron chi connectivity index (χ4n) is 2.49. The molecule has 0 radical (unpaired) electrons. The third kappa shape index (κ3) is 2.58. The molecule has 2 rings (SSSR count). The van der Waals surface area contributed by atoms with Crippen molar-refractivity contribution in [2.24, 2.45) is 5.73 Å². The number of ether oxygens (including phenoxy) is 1. The van der Waals surface area contributed by atoms with Crippen LogP contribution in [-0.4, -0.2) is 30.3 Å². The lowest BCUT2D eigenvalue weighted by Crippen LogP contribution is -2.40. The van der Waals surface area contributed by atoms with E-state index in [1.54, 1.807) is 5.57 Å². The molecule has 2 aliphatic heterocycles. The predicted octanol–water partition coefficient (Wildman–Crippen LogP) is 2.34. The average molecular weight is 227 g/mol. The van der Waals surface area contributed by atoms with Crippen LogP contribution in [0.25, 0.3) is 0 Å². The van der Waals surface area contributed by atoms with E-state index in [0.29, 0.717) is 6.54 Å². The van der Waals surface area contributed by atoms with Crippen LogP contribution >= 0.6 is 11.8 Å². The Morgan fingerprint density at radius 1 is 1.47 bits per heavy atom. The van der Waals surface area contributed by atoms with E-state index in [1.165, 1.54) is 29.9 Å². The summed E-state index contributed by atoms with van der Waals surface area (Å²) in [7, 11) is 0. The summed E-state index contributed by atoms with van der Waals surface area (Å²) in [5, 5.41) is 0. The first kappa shape index (κ1) is 11.5. The van der Waals surface area contributed by atoms with Gasteiger partial charge < -0.3 is 10.5 Å². The van der Waals surface area contributed by atoms with Crippen molar-refractivity contribution in [1.29, 1.82) is 0 Å². The van der Waals surface area contributed by atoms with E-state index >= 15 is 0 Å². The molecular weight excluding hydrogens is 206 g/mol. The monoisotopic (exact) mass is 227 g/mol. The Balaban J connectivity index is 2.09. The van der Waals surface area contributed by atoms with Gasteiger partial charge >= 0.3 is 0 Å². The highest BCUT2D eigenvalue weighted by Crippen LogP contribution is 2.40. The Labute approximate surface area is 96.6 Å². The topological polar surface area (TPSA) is 35.2 Å². The van der Waals surface area contributed by atoms with Gasteiger partial charge in [0.05, 0.1) is 12.2 Å². The van der Waals surface area contributed by atoms with E-state index in [-0.39, 0.29) is 5.60 Å². The summed E-state index contributed by atoms with van der Waals surface area (Å²) in [6.45, 7) is 3.78. The number of nitrogens with two attached hydrogens (primary N) is 1. The Hall–Kier alpha value is 0.01000. The minimum Gasteiger partial charge on any atom is -0.374 e. The minimum atomic E-state index is 0.176. The molecule has 2 nitrogen and oxygen atoms in total. The van der Waals surface area contributed by atoms with Crippen LogP contribution in [0.5, 0.6) is 0 Å². The summed E-state index contributed by atoms with van der Waals surface area (Å²) in [5.41, 5.74) is 8.84. The van der Waals surface area contributed by atoms with Crippen molar-refractivity contribution in [1.82, 2.24) is 0 Å². The number of hydrogen-bond donors (Lipinski definition) is 1. The zero-order chi connectivity index (χ0) is 10.7. The third-order valence-electron chi connectivity index (χ3n) is 3.66. The van der Waals surface area contributed by atoms with E-state index in [0.717, 1.165) is 19.4 Å². The Kier molecular flexibility index (Phi) is 3.75. The molecule has 0 aromatic rings. The molecule has 0 aromatic heterocycles. The number of thioether (sulfide) groups is 1. The Morgan fingerprint density at radius 2 is 2.20 bits per heavy atom. The number of rotatable bonds is 1. The van der Waals surface area contributed by atoms with Crippen molar-refractivity contribution in [3.8, 4) is 0 Å². The first-order valence-electron chi connectivity index (χ1n) is 5.85. The molecule has 2 N–H and O–H groups in total. The van der Waals surface area contributed by atoms with Crippen molar-refractivity contribution >= 4 is 11.8 Å². The van der Waals surface area contributed by atoms with E-state index in [1.807, 2.05) is 0 Å². The van der Waals surface area contributed by atoms with E-state index in [2.05, 4.69) is 18.7 Å². The summed E-state index contributed by atoms with van der Waals surface area (Å²) in [6, 6.07) is 0. The molecule has 0 amide bonds. The first-order chi connectivity index (χ1) is 7.26. The summed E-state index contributed by atoms with van der Waals surface area (Å²) in [4.78, 5) is 0. The fraction of sp³-hybridized carbons (Fsp3) is 0.833. The summed E-state index contributed by atoms with van der Waals surface area (Å²) in [5.74, 6) is 2.52. The molecule has 0 bridgehead atoms. The average Bonchev–Trinajstić information content (AvgIpc) is 2.29. The van der Waals surface area contributed by atoms with Crippen LogP contribution in [0, 0.1) is 0 Å². The third-order valence-corrected chi connectivity index (χ3v) is 4.65. The molecular formula is C12H21NOS. The Morgan fingerprint density at radius 3 is 2.87 bits per heavy atom. The molecule has 2 heterocycles. The van der Waals surface area contributed by atoms with Gasteiger partial charge in [0.1, 0.15) is 0 Å². The molecule has 0 unspecified atom stereocenters. The van der Waals surface area contributed by atoms with Gasteiger partial charge in [-0.25, -0.2) is 0 Å². The fourth-order valence-corrected chi connectivity index (χ4v) is 3.73. The molecule has 2 saturated heterocycles. The van der Waals surface area contributed by atoms with Gasteiger partial charge in [-0.05, 0) is 44.1 Å². The van der Waals surface area contributed by atoms with Crippen LogP contribution in [0.3, 0.4) is 0 Å². The van der Waals surface area contributed by atoms with Gasteiger partial charge in [-0.3, -0.25) is 0 Å². The quantitative estimate of drug-likeness (QED) is 0.698. The van der Waals surface area contributed by atoms with Gasteiger partial charge in [0, 0.05) is 6.54 Å². The van der Waals surface area contributed by atoms with E-state index in [9.17, 15) is 0 Å². The van der Waals surface area contributed by atoms with Crippen LogP contribution in [-0.2, 0) is 4.74 Å². The van der Waals surface area contributed by atoms with Crippen LogP contribution in [0.15, 0.2) is 11.1 Å². The summed E-state index contributed by atoms with van der Waals surface area (Å²) in [6.07, 6.45) is 4.67. The van der Waals surface area contributed by atoms with Crippen LogP contribution < -0.4 is 5.73 Å². The molecule has 1 spiro atoms. The normalized spacial score (nSPS) is 29.2. The maximum Gasteiger partial charge on any atom is 0.0735 e. The first-order valence-corrected chi connectivity index (χ1v) is 7.00. The highest BCUT2D eigenvalue weighted by molar-refractivity contribution is 7.99. The summed E-state index contributed by atoms with van der Waals surface area (Å²) >= 11 is 2.06. The van der Waals surface area contributed by atoms with Gasteiger partial charge in [0.25, 0.3) is 0 Å². The van der Waals surface area contributed by atoms with Crippen molar-refractivity contribution in [3.63, 3.8) is 0 Å². The second kappa shape index (κ2) is 4.89. The summed E-state index contributed by atoms with van der Waals surface area (Å²) < 4.78 is 6.04. The SMILES string of the molecule is CC(CN)=C1CCOC2(CCSCC2)C1. The zero-order valence-electron chi connectivity index (χ0n) is 9.55. The minimum absolute atomic E-state index is 0.176. The predicted molar refractivity (Wildman–Crippen MR) is 66.2 cm³/mol. The standard InChI is InChI=1S/C12H21NOS/c1-10(9-13)11-2-5-14-12(8-11)3-6-15-7-4-12/h2-9,13H2,1H3. The van der Waals surface area contributed by atoms with Gasteiger partial charge in [0.15, 0.2) is 0 Å². The van der Waals surface area contributed by atoms with E-state index in [4.69, 9.17) is 10.5 Å². The molecule has 2 aliphatic rings. The van der Waals surface area contributed by atoms with Crippen molar-refractivity contribution in [2.45, 2.75) is 38.2 Å². The highest BCUT2D eigenvalue weighted by Gasteiger charge is 2.36. The second-order valence-corrected chi connectivity index (χ2v) is 5.88. The molecule has 15 heavy (non-hydrogen) atoms. The Bertz CT molecular complexity index is 251. The lowest BCUT2D eigenvalue weighted by molar-refractivity contribution is -0.0667. The molecule has 86 valence electrons. The van der Waals surface area contributed by atoms with Crippen LogP contribution in [0.2, 0.25) is 0 Å². The molecule has 0 atom stereocenters. The second-order valence-electron chi connectivity index (χ2n) is 4.66. The number of hydrogen-bond acceptors (Lipinski definition) is 3. The molecule has 0 aliphatic carbocycles. The lowest BCUT2D eigenvalue weighted by atomic mass is 9.83. The van der Waals surface area contributed by atoms with Crippen molar-refractivity contribution < 1.29 is 4.74 Å². The van der Waals surface area contributed by atoms with Gasteiger partial charge in [-0.1, -0.05) is 11.1 Å². The maximum absolute atomic E-state index is 6.04. The molecule has 0 aromatic carbocycles. The largest absolute Gasteiger partial charge is 0.374 e. The molecule has 0 saturated carbocycles. The van der Waals surface area contributed by atoms with Crippen LogP contribution in [0.1, 0.15) is 32.6 Å². The van der Waals surface area contributed by atoms with Crippen molar-refractivity contribution in [2.75, 3.05) is 24.7 Å². The van der Waals surface area contributed by atoms with Crippen molar-refractivity contribution in [3.05, 3.63) is 11.1 Å². The molecule has 3 heteroatoms. The van der Waals surface area contributed by atoms with Gasteiger partial charge in [-0.15, -0.1) is 0 Å². The smallest absolute Gasteiger partial charge is 0.0735 e. The van der Waals surface area contributed by atoms with Gasteiger partial charge in [0.2, 0.25) is 0 Å². The van der Waals surface area contributed by atoms with Gasteiger partial charge in [-0.2, -0.15) is 11.8 Å². The molecule has 2 fully saturated rings. The highest BCUT2D eigenvalue weighted by atomic mass is 32.2.